The van der Waals surface area contributed by atoms with E-state index in [-0.39, 0.29) is 50.0 Å². The summed E-state index contributed by atoms with van der Waals surface area (Å²) in [5.41, 5.74) is 6.10. The number of carbonyl (C=O) groups excluding carboxylic acids is 3. The largest absolute Gasteiger partial charge is 0.456 e. The van der Waals surface area contributed by atoms with E-state index in [1.54, 1.807) is 6.08 Å². The predicted octanol–water partition coefficient (Wildman–Crippen LogP) is 5.21. The number of nitrogens with one attached hydrogen (secondary N) is 2. The normalized spacial score (nSPS) is 32.4. The van der Waals surface area contributed by atoms with Gasteiger partial charge in [-0.25, -0.2) is 4.79 Å². The summed E-state index contributed by atoms with van der Waals surface area (Å²) in [4.78, 5) is 39.1. The molecular formula is C43H52N2O8. The molecular weight excluding hydrogens is 672 g/mol. The summed E-state index contributed by atoms with van der Waals surface area (Å²) in [5, 5.41) is 14.3. The maximum Gasteiger partial charge on any atom is 0.338 e. The molecule has 10 heteroatoms. The molecule has 2 saturated carbocycles. The van der Waals surface area contributed by atoms with Gasteiger partial charge in [-0.15, -0.1) is 0 Å². The molecule has 2 saturated heterocycles. The van der Waals surface area contributed by atoms with Crippen molar-refractivity contribution in [3.8, 4) is 0 Å². The van der Waals surface area contributed by atoms with Gasteiger partial charge in [-0.3, -0.25) is 9.59 Å². The Kier molecular flexibility index (Phi) is 9.62. The summed E-state index contributed by atoms with van der Waals surface area (Å²) in [6.07, 6.45) is 9.48. The minimum Gasteiger partial charge on any atom is -0.456 e. The SMILES string of the molecule is CC1(C)CC2C(=Cc3ccc(C(=O)OC4CC(C(=O)NCCC(=O)NCCO)=CC5OC6(Cc7ccccc7C6)OC54)cc3)CCC3OC3(C)CCC21. The first-order valence-electron chi connectivity index (χ1n) is 19.4. The average Bonchev–Trinajstić information content (AvgIpc) is 3.43. The minimum atomic E-state index is -0.902. The van der Waals surface area contributed by atoms with Crippen LogP contribution in [-0.4, -0.2) is 78.4 Å². The van der Waals surface area contributed by atoms with Crippen molar-refractivity contribution < 1.29 is 38.4 Å². The highest BCUT2D eigenvalue weighted by Gasteiger charge is 2.57. The highest BCUT2D eigenvalue weighted by Crippen LogP contribution is 2.59. The Morgan fingerprint density at radius 1 is 0.943 bits per heavy atom. The molecule has 282 valence electrons. The lowest BCUT2D eigenvalue weighted by molar-refractivity contribution is -0.172. The minimum absolute atomic E-state index is 0.0454. The molecule has 0 bridgehead atoms. The number of aliphatic hydroxyl groups is 1. The molecule has 7 unspecified atom stereocenters. The molecule has 2 amide bonds. The van der Waals surface area contributed by atoms with E-state index in [4.69, 9.17) is 24.1 Å². The molecule has 1 spiro atoms. The first-order valence-corrected chi connectivity index (χ1v) is 19.4. The van der Waals surface area contributed by atoms with Crippen molar-refractivity contribution in [2.45, 2.75) is 114 Å². The smallest absolute Gasteiger partial charge is 0.338 e. The number of amides is 2. The molecule has 6 aliphatic rings. The number of esters is 1. The van der Waals surface area contributed by atoms with Crippen LogP contribution >= 0.6 is 0 Å². The molecule has 2 aliphatic heterocycles. The van der Waals surface area contributed by atoms with Gasteiger partial charge in [0.05, 0.1) is 23.9 Å². The van der Waals surface area contributed by atoms with E-state index < -0.39 is 30.1 Å². The maximum absolute atomic E-state index is 13.7. The topological polar surface area (TPSA) is 136 Å². The van der Waals surface area contributed by atoms with Gasteiger partial charge in [0.1, 0.15) is 18.3 Å². The van der Waals surface area contributed by atoms with Crippen molar-refractivity contribution >= 4 is 23.9 Å². The quantitative estimate of drug-likeness (QED) is 0.237. The van der Waals surface area contributed by atoms with Crippen LogP contribution in [0.4, 0.5) is 0 Å². The fourth-order valence-electron chi connectivity index (χ4n) is 9.69. The summed E-state index contributed by atoms with van der Waals surface area (Å²) in [6, 6.07) is 15.8. The molecule has 4 fully saturated rings. The Hall–Kier alpha value is -3.83. The zero-order chi connectivity index (χ0) is 37.0. The van der Waals surface area contributed by atoms with Crippen molar-refractivity contribution in [1.82, 2.24) is 10.6 Å². The predicted molar refractivity (Wildman–Crippen MR) is 197 cm³/mol. The average molecular weight is 725 g/mol. The fraction of sp³-hybridized carbons (Fsp3) is 0.558. The van der Waals surface area contributed by atoms with Crippen LogP contribution in [0.5, 0.6) is 0 Å². The molecule has 0 aromatic heterocycles. The van der Waals surface area contributed by atoms with Crippen LogP contribution in [0.1, 0.15) is 92.8 Å². The van der Waals surface area contributed by atoms with Crippen LogP contribution in [0.25, 0.3) is 6.08 Å². The van der Waals surface area contributed by atoms with Crippen molar-refractivity contribution in [2.24, 2.45) is 17.3 Å². The zero-order valence-corrected chi connectivity index (χ0v) is 31.0. The Bertz CT molecular complexity index is 1790. The van der Waals surface area contributed by atoms with E-state index in [0.29, 0.717) is 47.3 Å². The summed E-state index contributed by atoms with van der Waals surface area (Å²) < 4.78 is 25.5. The van der Waals surface area contributed by atoms with Gasteiger partial charge in [-0.2, -0.15) is 0 Å². The van der Waals surface area contributed by atoms with Crippen molar-refractivity contribution in [3.63, 3.8) is 0 Å². The highest BCUT2D eigenvalue weighted by atomic mass is 16.8. The lowest BCUT2D eigenvalue weighted by atomic mass is 9.52. The first kappa shape index (κ1) is 36.2. The van der Waals surface area contributed by atoms with E-state index in [9.17, 15) is 14.4 Å². The van der Waals surface area contributed by atoms with Crippen molar-refractivity contribution in [1.29, 1.82) is 0 Å². The van der Waals surface area contributed by atoms with Crippen LogP contribution < -0.4 is 10.6 Å². The number of carbonyl (C=O) groups is 3. The summed E-state index contributed by atoms with van der Waals surface area (Å²) in [6.45, 7) is 7.20. The second-order valence-corrected chi connectivity index (χ2v) is 16.9. The van der Waals surface area contributed by atoms with Crippen LogP contribution in [0.2, 0.25) is 0 Å². The lowest BCUT2D eigenvalue weighted by Gasteiger charge is -2.53. The lowest BCUT2D eigenvalue weighted by Crippen LogP contribution is -2.45. The number of ether oxygens (including phenoxy) is 4. The van der Waals surface area contributed by atoms with Gasteiger partial charge >= 0.3 is 5.97 Å². The molecule has 10 nitrogen and oxygen atoms in total. The van der Waals surface area contributed by atoms with E-state index in [1.807, 2.05) is 36.4 Å². The molecule has 7 atom stereocenters. The van der Waals surface area contributed by atoms with Gasteiger partial charge in [0, 0.05) is 44.3 Å². The molecule has 0 radical (unpaired) electrons. The van der Waals surface area contributed by atoms with Crippen LogP contribution in [0.3, 0.4) is 0 Å². The Morgan fingerprint density at radius 2 is 1.70 bits per heavy atom. The number of hydrogen-bond acceptors (Lipinski definition) is 8. The van der Waals surface area contributed by atoms with Gasteiger partial charge < -0.3 is 34.7 Å². The van der Waals surface area contributed by atoms with Gasteiger partial charge in [-0.1, -0.05) is 61.9 Å². The number of fused-ring (bicyclic) bond motifs is 4. The second-order valence-electron chi connectivity index (χ2n) is 16.9. The summed E-state index contributed by atoms with van der Waals surface area (Å²) in [5.74, 6) is -0.765. The number of allylic oxidation sites excluding steroid dienone is 1. The number of hydrogen-bond donors (Lipinski definition) is 3. The summed E-state index contributed by atoms with van der Waals surface area (Å²) >= 11 is 0. The number of benzene rings is 2. The standard InChI is InChI=1S/C43H52N2O8/c1-41(2)25-32-28(12-13-36-42(3,52-36)16-14-33(32)41)20-26-8-10-27(11-9-26)40(49)50-34-21-31(39(48)45-17-15-37(47)44-18-19-46)22-35-38(34)53-43(51-35)23-29-6-4-5-7-30(29)24-43/h4-11,20,22,32-36,38,46H,12-19,21,23-25H2,1-3H3,(H,44,47)(H,45,48). The molecule has 2 aromatic rings. The number of rotatable bonds is 9. The van der Waals surface area contributed by atoms with Crippen LogP contribution in [-0.2, 0) is 41.4 Å². The van der Waals surface area contributed by atoms with Crippen LogP contribution in [0.15, 0.2) is 65.8 Å². The Morgan fingerprint density at radius 3 is 2.42 bits per heavy atom. The number of aliphatic hydroxyl groups excluding tert-OH is 1. The molecule has 2 aromatic carbocycles. The van der Waals surface area contributed by atoms with E-state index >= 15 is 0 Å². The van der Waals surface area contributed by atoms with Crippen LogP contribution in [0, 0.1) is 17.3 Å². The summed E-state index contributed by atoms with van der Waals surface area (Å²) in [7, 11) is 0. The molecule has 4 aliphatic carbocycles. The monoisotopic (exact) mass is 724 g/mol. The third kappa shape index (κ3) is 7.35. The van der Waals surface area contributed by atoms with E-state index in [1.165, 1.54) is 18.4 Å². The molecule has 53 heavy (non-hydrogen) atoms. The molecule has 2 heterocycles. The Labute approximate surface area is 311 Å². The third-order valence-corrected chi connectivity index (χ3v) is 12.7. The van der Waals surface area contributed by atoms with Gasteiger partial charge in [-0.05, 0) is 91.2 Å². The molecule has 3 N–H and O–H groups in total. The highest BCUT2D eigenvalue weighted by molar-refractivity contribution is 5.94. The Balaban J connectivity index is 0.964. The van der Waals surface area contributed by atoms with Crippen molar-refractivity contribution in [3.05, 3.63) is 88.0 Å². The third-order valence-electron chi connectivity index (χ3n) is 12.7. The maximum atomic E-state index is 13.7. The van der Waals surface area contributed by atoms with Gasteiger partial charge in [0.15, 0.2) is 5.79 Å². The first-order chi connectivity index (χ1) is 25.4. The molecule has 8 rings (SSSR count). The van der Waals surface area contributed by atoms with Gasteiger partial charge in [0.2, 0.25) is 11.8 Å². The second kappa shape index (κ2) is 14.1. The van der Waals surface area contributed by atoms with E-state index in [0.717, 1.165) is 36.0 Å². The fourth-order valence-corrected chi connectivity index (χ4v) is 9.69. The zero-order valence-electron chi connectivity index (χ0n) is 31.0. The van der Waals surface area contributed by atoms with Crippen molar-refractivity contribution in [2.75, 3.05) is 19.7 Å². The van der Waals surface area contributed by atoms with E-state index in [2.05, 4.69) is 49.6 Å². The number of epoxide rings is 1. The van der Waals surface area contributed by atoms with Gasteiger partial charge in [0.25, 0.3) is 0 Å².